The standard InChI is InChI=1S/C15H23F3O5/c1-13(10(23-13)4-6-21-8-15(16,17)18)12-11(20-2)9(19)3-5-14(12)7-22-14/h9-12,19H,3-8H2,1-2H3/t9-,10-,11-,12-,13+,14+/m1/s1. The van der Waals surface area contributed by atoms with Crippen LogP contribution in [0.2, 0.25) is 0 Å². The third-order valence-electron chi connectivity index (χ3n) is 5.31. The average Bonchev–Trinajstić information content (AvgIpc) is 3.36. The number of aliphatic hydroxyl groups is 1. The van der Waals surface area contributed by atoms with E-state index in [9.17, 15) is 18.3 Å². The van der Waals surface area contributed by atoms with Crippen LogP contribution in [0.25, 0.3) is 0 Å². The molecule has 1 saturated carbocycles. The van der Waals surface area contributed by atoms with Gasteiger partial charge in [-0.25, -0.2) is 0 Å². The van der Waals surface area contributed by atoms with Crippen LogP contribution in [0.5, 0.6) is 0 Å². The van der Waals surface area contributed by atoms with Gasteiger partial charge < -0.3 is 24.1 Å². The van der Waals surface area contributed by atoms with Crippen molar-refractivity contribution in [2.24, 2.45) is 5.92 Å². The van der Waals surface area contributed by atoms with E-state index in [-0.39, 0.29) is 24.2 Å². The van der Waals surface area contributed by atoms with Crippen molar-refractivity contribution < 1.29 is 37.2 Å². The Balaban J connectivity index is 1.57. The van der Waals surface area contributed by atoms with E-state index in [1.54, 1.807) is 7.11 Å². The van der Waals surface area contributed by atoms with E-state index >= 15 is 0 Å². The highest BCUT2D eigenvalue weighted by Gasteiger charge is 2.71. The van der Waals surface area contributed by atoms with E-state index in [0.29, 0.717) is 19.4 Å². The Morgan fingerprint density at radius 2 is 2.04 bits per heavy atom. The van der Waals surface area contributed by atoms with Crippen LogP contribution in [-0.4, -0.2) is 67.7 Å². The van der Waals surface area contributed by atoms with Gasteiger partial charge in [-0.05, 0) is 26.2 Å². The molecule has 6 atom stereocenters. The first-order valence-electron chi connectivity index (χ1n) is 7.89. The first-order valence-corrected chi connectivity index (χ1v) is 7.89. The smallest absolute Gasteiger partial charge is 0.390 e. The maximum Gasteiger partial charge on any atom is 0.411 e. The van der Waals surface area contributed by atoms with Crippen LogP contribution < -0.4 is 0 Å². The topological polar surface area (TPSA) is 63.8 Å². The molecule has 1 N–H and O–H groups in total. The van der Waals surface area contributed by atoms with Gasteiger partial charge in [0.05, 0.1) is 36.4 Å². The fourth-order valence-corrected chi connectivity index (χ4v) is 4.06. The Morgan fingerprint density at radius 1 is 1.35 bits per heavy atom. The van der Waals surface area contributed by atoms with Gasteiger partial charge in [0, 0.05) is 13.7 Å². The third-order valence-corrected chi connectivity index (χ3v) is 5.31. The SMILES string of the molecule is CO[C@@H]1[C@H](O)CC[C@]2(CO2)[C@H]1[C@@]1(C)O[C@@H]1CCOCC(F)(F)F. The van der Waals surface area contributed by atoms with E-state index in [0.717, 1.165) is 6.42 Å². The highest BCUT2D eigenvalue weighted by atomic mass is 19.4. The maximum absolute atomic E-state index is 12.1. The molecule has 0 unspecified atom stereocenters. The number of epoxide rings is 2. The van der Waals surface area contributed by atoms with Crippen LogP contribution in [0.1, 0.15) is 26.2 Å². The second-order valence-corrected chi connectivity index (χ2v) is 6.88. The molecule has 2 saturated heterocycles. The second kappa shape index (κ2) is 5.84. The molecule has 2 aliphatic heterocycles. The van der Waals surface area contributed by atoms with Crippen molar-refractivity contribution in [3.05, 3.63) is 0 Å². The lowest BCUT2D eigenvalue weighted by Gasteiger charge is -2.41. The van der Waals surface area contributed by atoms with E-state index in [4.69, 9.17) is 14.2 Å². The molecule has 0 aromatic carbocycles. The minimum atomic E-state index is -4.31. The normalized spacial score (nSPS) is 46.2. The fourth-order valence-electron chi connectivity index (χ4n) is 4.06. The highest BCUT2D eigenvalue weighted by Crippen LogP contribution is 2.59. The molecular weight excluding hydrogens is 317 g/mol. The first kappa shape index (κ1) is 17.4. The van der Waals surface area contributed by atoms with Gasteiger partial charge in [-0.15, -0.1) is 0 Å². The summed E-state index contributed by atoms with van der Waals surface area (Å²) in [5.74, 6) is -0.128. The molecule has 23 heavy (non-hydrogen) atoms. The Kier molecular flexibility index (Phi) is 4.42. The lowest BCUT2D eigenvalue weighted by atomic mass is 9.68. The molecule has 1 aliphatic carbocycles. The molecule has 2 heterocycles. The molecule has 0 aromatic rings. The molecule has 0 radical (unpaired) electrons. The van der Waals surface area contributed by atoms with Crippen molar-refractivity contribution in [3.63, 3.8) is 0 Å². The van der Waals surface area contributed by atoms with Crippen LogP contribution in [0, 0.1) is 5.92 Å². The second-order valence-electron chi connectivity index (χ2n) is 6.88. The molecule has 134 valence electrons. The lowest BCUT2D eigenvalue weighted by Crippen LogP contribution is -2.54. The van der Waals surface area contributed by atoms with Crippen LogP contribution >= 0.6 is 0 Å². The lowest BCUT2D eigenvalue weighted by molar-refractivity contribution is -0.174. The zero-order chi connectivity index (χ0) is 16.9. The van der Waals surface area contributed by atoms with E-state index < -0.39 is 30.6 Å². The zero-order valence-corrected chi connectivity index (χ0v) is 13.3. The summed E-state index contributed by atoms with van der Waals surface area (Å²) in [6.07, 6.45) is -3.75. The number of methoxy groups -OCH3 is 1. The number of ether oxygens (including phenoxy) is 4. The van der Waals surface area contributed by atoms with Gasteiger partial charge in [-0.1, -0.05) is 0 Å². The third kappa shape index (κ3) is 3.37. The van der Waals surface area contributed by atoms with Gasteiger partial charge in [-0.3, -0.25) is 0 Å². The zero-order valence-electron chi connectivity index (χ0n) is 13.3. The summed E-state index contributed by atoms with van der Waals surface area (Å²) in [6.45, 7) is 1.27. The molecule has 3 rings (SSSR count). The van der Waals surface area contributed by atoms with Gasteiger partial charge in [0.1, 0.15) is 12.2 Å². The summed E-state index contributed by atoms with van der Waals surface area (Å²) in [5, 5.41) is 10.2. The molecule has 5 nitrogen and oxygen atoms in total. The summed E-state index contributed by atoms with van der Waals surface area (Å²) in [6, 6.07) is 0. The summed E-state index contributed by atoms with van der Waals surface area (Å²) in [7, 11) is 1.55. The van der Waals surface area contributed by atoms with Gasteiger partial charge >= 0.3 is 6.18 Å². The van der Waals surface area contributed by atoms with Crippen molar-refractivity contribution in [3.8, 4) is 0 Å². The minimum absolute atomic E-state index is 0.0133. The van der Waals surface area contributed by atoms with Crippen LogP contribution in [0.3, 0.4) is 0 Å². The Hall–Kier alpha value is -0.410. The van der Waals surface area contributed by atoms with Gasteiger partial charge in [0.25, 0.3) is 0 Å². The van der Waals surface area contributed by atoms with Gasteiger partial charge in [0.15, 0.2) is 0 Å². The maximum atomic E-state index is 12.1. The summed E-state index contributed by atoms with van der Waals surface area (Å²) in [4.78, 5) is 0. The highest BCUT2D eigenvalue weighted by molar-refractivity contribution is 5.19. The summed E-state index contributed by atoms with van der Waals surface area (Å²) < 4.78 is 57.8. The van der Waals surface area contributed by atoms with E-state index in [2.05, 4.69) is 4.74 Å². The van der Waals surface area contributed by atoms with Gasteiger partial charge in [-0.2, -0.15) is 13.2 Å². The summed E-state index contributed by atoms with van der Waals surface area (Å²) >= 11 is 0. The molecule has 0 aromatic heterocycles. The molecule has 8 heteroatoms. The molecule has 1 spiro atoms. The Morgan fingerprint density at radius 3 is 2.61 bits per heavy atom. The van der Waals surface area contributed by atoms with Crippen LogP contribution in [0.4, 0.5) is 13.2 Å². The van der Waals surface area contributed by atoms with Crippen LogP contribution in [-0.2, 0) is 18.9 Å². The van der Waals surface area contributed by atoms with E-state index in [1.165, 1.54) is 0 Å². The minimum Gasteiger partial charge on any atom is -0.390 e. The Bertz CT molecular complexity index is 439. The van der Waals surface area contributed by atoms with Crippen molar-refractivity contribution in [1.29, 1.82) is 0 Å². The number of hydrogen-bond acceptors (Lipinski definition) is 5. The number of hydrogen-bond donors (Lipinski definition) is 1. The Labute approximate surface area is 133 Å². The largest absolute Gasteiger partial charge is 0.411 e. The van der Waals surface area contributed by atoms with Crippen molar-refractivity contribution in [2.45, 2.75) is 61.9 Å². The molecule has 0 bridgehead atoms. The monoisotopic (exact) mass is 340 g/mol. The fraction of sp³-hybridized carbons (Fsp3) is 1.00. The molecule has 0 amide bonds. The summed E-state index contributed by atoms with van der Waals surface area (Å²) in [5.41, 5.74) is -0.879. The quantitative estimate of drug-likeness (QED) is 0.589. The number of aliphatic hydroxyl groups excluding tert-OH is 1. The number of alkyl halides is 3. The van der Waals surface area contributed by atoms with Crippen molar-refractivity contribution in [1.82, 2.24) is 0 Å². The average molecular weight is 340 g/mol. The number of halogens is 3. The predicted molar refractivity (Wildman–Crippen MR) is 73.0 cm³/mol. The molecule has 3 aliphatic rings. The molecule has 3 fully saturated rings. The number of rotatable bonds is 6. The van der Waals surface area contributed by atoms with Gasteiger partial charge in [0.2, 0.25) is 0 Å². The first-order chi connectivity index (χ1) is 10.7. The molecular formula is C15H23F3O5. The van der Waals surface area contributed by atoms with Crippen molar-refractivity contribution >= 4 is 0 Å². The van der Waals surface area contributed by atoms with E-state index in [1.807, 2.05) is 6.92 Å². The van der Waals surface area contributed by atoms with Crippen molar-refractivity contribution in [2.75, 3.05) is 26.9 Å². The van der Waals surface area contributed by atoms with Crippen LogP contribution in [0.15, 0.2) is 0 Å². The predicted octanol–water partition coefficient (Wildman–Crippen LogP) is 1.67.